The van der Waals surface area contributed by atoms with Crippen molar-refractivity contribution in [3.05, 3.63) is 50.1 Å². The van der Waals surface area contributed by atoms with E-state index in [4.69, 9.17) is 0 Å². The van der Waals surface area contributed by atoms with Crippen LogP contribution in [0.5, 0.6) is 0 Å². The summed E-state index contributed by atoms with van der Waals surface area (Å²) in [6, 6.07) is 8.47. The van der Waals surface area contributed by atoms with Gasteiger partial charge in [-0.05, 0) is 54.6 Å². The quantitative estimate of drug-likeness (QED) is 0.862. The minimum Gasteiger partial charge on any atom is -0.380 e. The van der Waals surface area contributed by atoms with Gasteiger partial charge in [0.1, 0.15) is 0 Å². The number of nitrogens with one attached hydrogen (secondary N) is 1. The molecule has 0 radical (unpaired) electrons. The van der Waals surface area contributed by atoms with Crippen molar-refractivity contribution in [2.75, 3.05) is 5.32 Å². The maximum Gasteiger partial charge on any atom is 0.0496 e. The lowest BCUT2D eigenvalue weighted by Crippen LogP contribution is -2.00. The van der Waals surface area contributed by atoms with Crippen LogP contribution in [0.15, 0.2) is 34.1 Å². The lowest BCUT2D eigenvalue weighted by atomic mass is 10.2. The van der Waals surface area contributed by atoms with Crippen LogP contribution in [-0.4, -0.2) is 0 Å². The summed E-state index contributed by atoms with van der Waals surface area (Å²) >= 11 is 5.28. The maximum atomic E-state index is 3.47. The topological polar surface area (TPSA) is 12.0 Å². The predicted octanol–water partition coefficient (Wildman–Crippen LogP) is 4.74. The van der Waals surface area contributed by atoms with Gasteiger partial charge in [-0.15, -0.1) is 11.3 Å². The van der Waals surface area contributed by atoms with Crippen molar-refractivity contribution >= 4 is 33.0 Å². The van der Waals surface area contributed by atoms with E-state index < -0.39 is 0 Å². The van der Waals surface area contributed by atoms with Gasteiger partial charge in [-0.3, -0.25) is 0 Å². The Morgan fingerprint density at radius 2 is 2.00 bits per heavy atom. The van der Waals surface area contributed by atoms with E-state index in [1.54, 1.807) is 11.3 Å². The van der Waals surface area contributed by atoms with Gasteiger partial charge in [0.15, 0.2) is 0 Å². The number of thiophene rings is 1. The summed E-state index contributed by atoms with van der Waals surface area (Å²) in [7, 11) is 0. The Hall–Kier alpha value is -0.800. The summed E-state index contributed by atoms with van der Waals surface area (Å²) in [5, 5.41) is 5.61. The molecular formula is C13H14BrNS. The van der Waals surface area contributed by atoms with E-state index in [1.807, 2.05) is 0 Å². The van der Waals surface area contributed by atoms with E-state index in [0.717, 1.165) is 11.0 Å². The maximum absolute atomic E-state index is 3.47. The average Bonchev–Trinajstić information content (AvgIpc) is 2.63. The van der Waals surface area contributed by atoms with E-state index >= 15 is 0 Å². The number of benzene rings is 1. The number of aryl methyl sites for hydroxylation is 2. The highest BCUT2D eigenvalue weighted by Crippen LogP contribution is 2.22. The van der Waals surface area contributed by atoms with E-state index in [1.165, 1.54) is 21.7 Å². The molecule has 1 heterocycles. The molecule has 84 valence electrons. The highest BCUT2D eigenvalue weighted by atomic mass is 79.9. The molecule has 0 spiro atoms. The second-order valence-corrected chi connectivity index (χ2v) is 5.76. The van der Waals surface area contributed by atoms with Crippen molar-refractivity contribution in [3.63, 3.8) is 0 Å². The molecule has 2 aromatic rings. The Balaban J connectivity index is 2.08. The van der Waals surface area contributed by atoms with Gasteiger partial charge in [0.25, 0.3) is 0 Å². The van der Waals surface area contributed by atoms with Crippen LogP contribution in [0.3, 0.4) is 0 Å². The minimum absolute atomic E-state index is 0.909. The Kier molecular flexibility index (Phi) is 3.66. The van der Waals surface area contributed by atoms with Crippen molar-refractivity contribution < 1.29 is 0 Å². The van der Waals surface area contributed by atoms with E-state index in [0.29, 0.717) is 0 Å². The van der Waals surface area contributed by atoms with Crippen molar-refractivity contribution in [2.45, 2.75) is 20.4 Å². The number of hydrogen-bond acceptors (Lipinski definition) is 2. The molecule has 1 nitrogen and oxygen atoms in total. The zero-order chi connectivity index (χ0) is 11.5. The molecule has 0 fully saturated rings. The molecule has 0 amide bonds. The second kappa shape index (κ2) is 5.02. The Labute approximate surface area is 109 Å². The van der Waals surface area contributed by atoms with Crippen LogP contribution in [-0.2, 0) is 6.54 Å². The van der Waals surface area contributed by atoms with Gasteiger partial charge in [0.2, 0.25) is 0 Å². The molecule has 0 aliphatic rings. The Bertz CT molecular complexity index is 490. The molecule has 1 aromatic carbocycles. The first-order valence-corrected chi connectivity index (χ1v) is 6.87. The zero-order valence-corrected chi connectivity index (χ0v) is 11.8. The van der Waals surface area contributed by atoms with Crippen molar-refractivity contribution in [2.24, 2.45) is 0 Å². The predicted molar refractivity (Wildman–Crippen MR) is 75.3 cm³/mol. The van der Waals surface area contributed by atoms with Crippen molar-refractivity contribution in [1.29, 1.82) is 0 Å². The number of halogens is 1. The van der Waals surface area contributed by atoms with Crippen LogP contribution in [0.4, 0.5) is 5.69 Å². The number of hydrogen-bond donors (Lipinski definition) is 1. The molecule has 0 saturated carbocycles. The highest BCUT2D eigenvalue weighted by Gasteiger charge is 2.01. The first kappa shape index (κ1) is 11.7. The molecular weight excluding hydrogens is 282 g/mol. The summed E-state index contributed by atoms with van der Waals surface area (Å²) in [6.07, 6.45) is 0. The number of anilines is 1. The minimum atomic E-state index is 0.909. The van der Waals surface area contributed by atoms with Crippen LogP contribution in [0.1, 0.15) is 16.0 Å². The summed E-state index contributed by atoms with van der Waals surface area (Å²) in [5.74, 6) is 0. The average molecular weight is 296 g/mol. The zero-order valence-electron chi connectivity index (χ0n) is 9.38. The number of rotatable bonds is 3. The Morgan fingerprint density at radius 1 is 1.19 bits per heavy atom. The standard InChI is InChI=1S/C13H14BrNS/c1-9-5-6-16-13(9)8-15-12-4-3-11(14)7-10(12)2/h3-7,15H,8H2,1-2H3. The van der Waals surface area contributed by atoms with Gasteiger partial charge in [0, 0.05) is 21.6 Å². The van der Waals surface area contributed by atoms with Gasteiger partial charge >= 0.3 is 0 Å². The van der Waals surface area contributed by atoms with Crippen molar-refractivity contribution in [3.8, 4) is 0 Å². The first-order chi connectivity index (χ1) is 7.66. The van der Waals surface area contributed by atoms with E-state index in [9.17, 15) is 0 Å². The molecule has 0 aliphatic carbocycles. The third kappa shape index (κ3) is 2.66. The van der Waals surface area contributed by atoms with Crippen LogP contribution < -0.4 is 5.32 Å². The van der Waals surface area contributed by atoms with Gasteiger partial charge < -0.3 is 5.32 Å². The van der Waals surface area contributed by atoms with Gasteiger partial charge in [0.05, 0.1) is 0 Å². The fourth-order valence-corrected chi connectivity index (χ4v) is 2.91. The third-order valence-electron chi connectivity index (χ3n) is 2.60. The summed E-state index contributed by atoms with van der Waals surface area (Å²) in [4.78, 5) is 1.40. The van der Waals surface area contributed by atoms with E-state index in [-0.39, 0.29) is 0 Å². The summed E-state index contributed by atoms with van der Waals surface area (Å²) in [5.41, 5.74) is 3.84. The van der Waals surface area contributed by atoms with Crippen LogP contribution in [0.2, 0.25) is 0 Å². The monoisotopic (exact) mass is 295 g/mol. The summed E-state index contributed by atoms with van der Waals surface area (Å²) in [6.45, 7) is 5.18. The third-order valence-corrected chi connectivity index (χ3v) is 4.11. The van der Waals surface area contributed by atoms with Gasteiger partial charge in [-0.2, -0.15) is 0 Å². The fraction of sp³-hybridized carbons (Fsp3) is 0.231. The molecule has 3 heteroatoms. The first-order valence-electron chi connectivity index (χ1n) is 5.20. The molecule has 1 N–H and O–H groups in total. The Morgan fingerprint density at radius 3 is 2.62 bits per heavy atom. The van der Waals surface area contributed by atoms with Gasteiger partial charge in [-0.1, -0.05) is 15.9 Å². The molecule has 2 rings (SSSR count). The summed E-state index contributed by atoms with van der Waals surface area (Å²) < 4.78 is 1.13. The smallest absolute Gasteiger partial charge is 0.0496 e. The molecule has 1 aromatic heterocycles. The largest absolute Gasteiger partial charge is 0.380 e. The molecule has 16 heavy (non-hydrogen) atoms. The molecule has 0 saturated heterocycles. The van der Waals surface area contributed by atoms with E-state index in [2.05, 4.69) is 64.7 Å². The SMILES string of the molecule is Cc1cc(Br)ccc1NCc1sccc1C. The molecule has 0 unspecified atom stereocenters. The lowest BCUT2D eigenvalue weighted by molar-refractivity contribution is 1.16. The molecule has 0 atom stereocenters. The normalized spacial score (nSPS) is 10.4. The molecule has 0 aliphatic heterocycles. The fourth-order valence-electron chi connectivity index (χ4n) is 1.59. The van der Waals surface area contributed by atoms with Crippen LogP contribution in [0.25, 0.3) is 0 Å². The molecule has 0 bridgehead atoms. The van der Waals surface area contributed by atoms with Gasteiger partial charge in [-0.25, -0.2) is 0 Å². The lowest BCUT2D eigenvalue weighted by Gasteiger charge is -2.09. The van der Waals surface area contributed by atoms with Crippen LogP contribution >= 0.6 is 27.3 Å². The highest BCUT2D eigenvalue weighted by molar-refractivity contribution is 9.10. The second-order valence-electron chi connectivity index (χ2n) is 3.84. The van der Waals surface area contributed by atoms with Crippen LogP contribution in [0, 0.1) is 13.8 Å². The van der Waals surface area contributed by atoms with Crippen molar-refractivity contribution in [1.82, 2.24) is 0 Å².